The van der Waals surface area contributed by atoms with Gasteiger partial charge in [0.25, 0.3) is 0 Å². The summed E-state index contributed by atoms with van der Waals surface area (Å²) in [6.07, 6.45) is 2.30. The average molecular weight is 229 g/mol. The van der Waals surface area contributed by atoms with Crippen LogP contribution < -0.4 is 5.32 Å². The van der Waals surface area contributed by atoms with Crippen molar-refractivity contribution in [3.63, 3.8) is 0 Å². The highest BCUT2D eigenvalue weighted by Gasteiger charge is 2.28. The first kappa shape index (κ1) is 14.3. The smallest absolute Gasteiger partial charge is 0.408 e. The maximum Gasteiger partial charge on any atom is 0.408 e. The molecule has 0 fully saturated rings. The summed E-state index contributed by atoms with van der Waals surface area (Å²) in [6.45, 7) is 4.87. The number of aliphatic carboxylic acids is 1. The number of amides is 1. The topological polar surface area (TPSA) is 95.9 Å². The van der Waals surface area contributed by atoms with Gasteiger partial charge in [-0.05, 0) is 20.8 Å². The van der Waals surface area contributed by atoms with Crippen molar-refractivity contribution >= 4 is 12.1 Å². The van der Waals surface area contributed by atoms with Gasteiger partial charge < -0.3 is 20.3 Å². The molecule has 16 heavy (non-hydrogen) atoms. The summed E-state index contributed by atoms with van der Waals surface area (Å²) in [4.78, 5) is 21.9. The quantitative estimate of drug-likeness (QED) is 0.590. The Morgan fingerprint density at radius 3 is 2.25 bits per heavy atom. The van der Waals surface area contributed by atoms with Gasteiger partial charge in [-0.1, -0.05) is 5.92 Å². The summed E-state index contributed by atoms with van der Waals surface area (Å²) in [5.74, 6) is 0.385. The number of nitrogens with one attached hydrogen (secondary N) is 1. The number of aliphatic hydroxyl groups excluding tert-OH is 1. The molecule has 3 N–H and O–H groups in total. The molecule has 0 aromatic heterocycles. The molecule has 0 aliphatic carbocycles. The lowest BCUT2D eigenvalue weighted by Gasteiger charge is -2.22. The molecule has 0 aliphatic rings. The number of carbonyl (C=O) groups excluding carboxylic acids is 1. The van der Waals surface area contributed by atoms with E-state index in [0.717, 1.165) is 0 Å². The molecule has 2 atom stereocenters. The maximum absolute atomic E-state index is 11.2. The molecule has 0 aromatic rings. The van der Waals surface area contributed by atoms with Gasteiger partial charge in [0, 0.05) is 0 Å². The summed E-state index contributed by atoms with van der Waals surface area (Å²) in [6, 6.07) is -1.58. The highest BCUT2D eigenvalue weighted by Crippen LogP contribution is 2.07. The van der Waals surface area contributed by atoms with E-state index in [2.05, 4.69) is 0 Å². The minimum atomic E-state index is -1.61. The van der Waals surface area contributed by atoms with Crippen LogP contribution in [0.1, 0.15) is 20.8 Å². The second-order valence-corrected chi connectivity index (χ2v) is 4.07. The first-order chi connectivity index (χ1) is 7.17. The number of rotatable bonds is 3. The molecule has 90 valence electrons. The first-order valence-corrected chi connectivity index (χ1v) is 4.54. The Balaban J connectivity index is 4.49. The van der Waals surface area contributed by atoms with E-state index in [4.69, 9.17) is 21.4 Å². The van der Waals surface area contributed by atoms with Crippen molar-refractivity contribution in [2.45, 2.75) is 38.5 Å². The molecule has 0 radical (unpaired) electrons. The predicted octanol–water partition coefficient (Wildman–Crippen LogP) is -0.0416. The van der Waals surface area contributed by atoms with Crippen molar-refractivity contribution < 1.29 is 24.5 Å². The third-order valence-corrected chi connectivity index (χ3v) is 1.42. The van der Waals surface area contributed by atoms with E-state index in [0.29, 0.717) is 0 Å². The molecule has 6 heteroatoms. The zero-order valence-electron chi connectivity index (χ0n) is 9.35. The molecular weight excluding hydrogens is 214 g/mol. The van der Waals surface area contributed by atoms with Gasteiger partial charge in [0.15, 0.2) is 6.04 Å². The standard InChI is InChI=1S/C10H15NO5/c1-5-6(12)7(8(13)14)11-9(15)16-10(2,3)4/h1,6-7,12H,2-4H3,(H,11,15)(H,13,14). The minimum absolute atomic E-state index is 0.756. The van der Waals surface area contributed by atoms with Crippen LogP contribution >= 0.6 is 0 Å². The molecule has 0 saturated carbocycles. The number of carboxylic acids is 1. The summed E-state index contributed by atoms with van der Waals surface area (Å²) in [7, 11) is 0. The van der Waals surface area contributed by atoms with Crippen LogP contribution in [0.15, 0.2) is 0 Å². The summed E-state index contributed by atoms with van der Waals surface area (Å²) in [5.41, 5.74) is -0.756. The molecule has 0 heterocycles. The van der Waals surface area contributed by atoms with E-state index >= 15 is 0 Å². The number of aliphatic hydroxyl groups is 1. The van der Waals surface area contributed by atoms with Crippen LogP contribution in [0.5, 0.6) is 0 Å². The molecule has 6 nitrogen and oxygen atoms in total. The van der Waals surface area contributed by atoms with E-state index < -0.39 is 29.8 Å². The molecule has 0 aromatic carbocycles. The van der Waals surface area contributed by atoms with Crippen molar-refractivity contribution in [3.05, 3.63) is 0 Å². The Bertz CT molecular complexity index is 312. The van der Waals surface area contributed by atoms with Crippen LogP contribution in [0.4, 0.5) is 4.79 Å². The highest BCUT2D eigenvalue weighted by molar-refractivity contribution is 5.81. The fraction of sp³-hybridized carbons (Fsp3) is 0.600. The normalized spacial score (nSPS) is 14.4. The zero-order chi connectivity index (χ0) is 12.9. The van der Waals surface area contributed by atoms with E-state index in [1.54, 1.807) is 20.8 Å². The SMILES string of the molecule is C#CC(O)C(NC(=O)OC(C)(C)C)C(=O)O. The van der Waals surface area contributed by atoms with Gasteiger partial charge in [-0.3, -0.25) is 0 Å². The number of ether oxygens (including phenoxy) is 1. The summed E-state index contributed by atoms with van der Waals surface area (Å²) < 4.78 is 4.82. The molecule has 0 spiro atoms. The number of carbonyl (C=O) groups is 2. The van der Waals surface area contributed by atoms with E-state index in [9.17, 15) is 9.59 Å². The second-order valence-electron chi connectivity index (χ2n) is 4.07. The van der Waals surface area contributed by atoms with Crippen molar-refractivity contribution in [1.29, 1.82) is 0 Å². The third-order valence-electron chi connectivity index (χ3n) is 1.42. The molecule has 0 rings (SSSR count). The minimum Gasteiger partial charge on any atom is -0.480 e. The average Bonchev–Trinajstić information content (AvgIpc) is 2.09. The maximum atomic E-state index is 11.2. The Morgan fingerprint density at radius 2 is 1.94 bits per heavy atom. The van der Waals surface area contributed by atoms with Crippen LogP contribution in [0.25, 0.3) is 0 Å². The summed E-state index contributed by atoms with van der Waals surface area (Å²) in [5, 5.41) is 19.8. The Hall–Kier alpha value is -1.74. The fourth-order valence-corrected chi connectivity index (χ4v) is 0.806. The van der Waals surface area contributed by atoms with Crippen LogP contribution in [-0.2, 0) is 9.53 Å². The number of alkyl carbamates (subject to hydrolysis) is 1. The highest BCUT2D eigenvalue weighted by atomic mass is 16.6. The van der Waals surface area contributed by atoms with Gasteiger partial charge in [-0.25, -0.2) is 9.59 Å². The third kappa shape index (κ3) is 5.22. The molecular formula is C10H15NO5. The van der Waals surface area contributed by atoms with E-state index in [1.807, 2.05) is 11.2 Å². The number of hydrogen-bond acceptors (Lipinski definition) is 4. The van der Waals surface area contributed by atoms with Crippen LogP contribution in [0.3, 0.4) is 0 Å². The number of hydrogen-bond donors (Lipinski definition) is 3. The van der Waals surface area contributed by atoms with Crippen molar-refractivity contribution in [3.8, 4) is 12.3 Å². The fourth-order valence-electron chi connectivity index (χ4n) is 0.806. The zero-order valence-corrected chi connectivity index (χ0v) is 9.35. The van der Waals surface area contributed by atoms with E-state index in [-0.39, 0.29) is 0 Å². The lowest BCUT2D eigenvalue weighted by atomic mass is 10.2. The van der Waals surface area contributed by atoms with Gasteiger partial charge in [0.05, 0.1) is 0 Å². The van der Waals surface area contributed by atoms with Gasteiger partial charge in [0.1, 0.15) is 11.7 Å². The lowest BCUT2D eigenvalue weighted by molar-refractivity contribution is -0.141. The van der Waals surface area contributed by atoms with Crippen molar-refractivity contribution in [2.24, 2.45) is 0 Å². The largest absolute Gasteiger partial charge is 0.480 e. The number of carboxylic acid groups (broad SMARTS) is 1. The van der Waals surface area contributed by atoms with Crippen molar-refractivity contribution in [2.75, 3.05) is 0 Å². The Labute approximate surface area is 93.6 Å². The van der Waals surface area contributed by atoms with Crippen LogP contribution in [-0.4, -0.2) is 40.0 Å². The summed E-state index contributed by atoms with van der Waals surface area (Å²) >= 11 is 0. The molecule has 1 amide bonds. The lowest BCUT2D eigenvalue weighted by Crippen LogP contribution is -2.49. The Kier molecular flexibility index (Phi) is 4.79. The number of terminal acetylenes is 1. The van der Waals surface area contributed by atoms with Gasteiger partial charge in [-0.15, -0.1) is 6.42 Å². The van der Waals surface area contributed by atoms with Gasteiger partial charge in [0.2, 0.25) is 0 Å². The molecule has 0 saturated heterocycles. The van der Waals surface area contributed by atoms with Crippen LogP contribution in [0.2, 0.25) is 0 Å². The Morgan fingerprint density at radius 1 is 1.44 bits per heavy atom. The molecule has 0 bridgehead atoms. The molecule has 0 aliphatic heterocycles. The second kappa shape index (κ2) is 5.37. The molecule has 2 unspecified atom stereocenters. The van der Waals surface area contributed by atoms with Crippen LogP contribution in [0, 0.1) is 12.3 Å². The first-order valence-electron chi connectivity index (χ1n) is 4.54. The van der Waals surface area contributed by atoms with Crippen molar-refractivity contribution in [1.82, 2.24) is 5.32 Å². The van der Waals surface area contributed by atoms with Gasteiger partial charge in [-0.2, -0.15) is 0 Å². The monoisotopic (exact) mass is 229 g/mol. The van der Waals surface area contributed by atoms with Gasteiger partial charge >= 0.3 is 12.1 Å². The van der Waals surface area contributed by atoms with E-state index in [1.165, 1.54) is 0 Å². The predicted molar refractivity (Wildman–Crippen MR) is 55.6 cm³/mol.